The molecule has 2 aromatic rings. The van der Waals surface area contributed by atoms with E-state index in [4.69, 9.17) is 10.5 Å². The Bertz CT molecular complexity index is 649. The summed E-state index contributed by atoms with van der Waals surface area (Å²) >= 11 is 0. The van der Waals surface area contributed by atoms with Crippen molar-refractivity contribution in [3.05, 3.63) is 34.6 Å². The predicted octanol–water partition coefficient (Wildman–Crippen LogP) is 1.09. The lowest BCUT2D eigenvalue weighted by molar-refractivity contribution is 0.415. The number of hydrogen-bond donors (Lipinski definition) is 2. The second-order valence-electron chi connectivity index (χ2n) is 4.28. The molecule has 1 aromatic carbocycles. The largest absolute Gasteiger partial charge is 0.497 e. The summed E-state index contributed by atoms with van der Waals surface area (Å²) < 4.78 is 5.14. The molecular weight excluding hydrogens is 244 g/mol. The van der Waals surface area contributed by atoms with Crippen LogP contribution in [0.25, 0.3) is 11.1 Å². The zero-order chi connectivity index (χ0) is 14.0. The highest BCUT2D eigenvalue weighted by molar-refractivity contribution is 5.74. The van der Waals surface area contributed by atoms with Gasteiger partial charge in [0, 0.05) is 14.1 Å². The molecule has 0 spiro atoms. The van der Waals surface area contributed by atoms with E-state index >= 15 is 0 Å². The second kappa shape index (κ2) is 5.01. The number of ether oxygens (including phenoxy) is 1. The summed E-state index contributed by atoms with van der Waals surface area (Å²) in [5, 5.41) is 0. The van der Waals surface area contributed by atoms with Gasteiger partial charge in [-0.3, -0.25) is 9.78 Å². The molecule has 6 heteroatoms. The number of H-pyrrole nitrogens is 1. The number of aromatic nitrogens is 2. The van der Waals surface area contributed by atoms with E-state index < -0.39 is 0 Å². The van der Waals surface area contributed by atoms with Gasteiger partial charge in [0.25, 0.3) is 5.56 Å². The van der Waals surface area contributed by atoms with E-state index in [1.54, 1.807) is 50.4 Å². The van der Waals surface area contributed by atoms with Crippen LogP contribution in [-0.2, 0) is 0 Å². The summed E-state index contributed by atoms with van der Waals surface area (Å²) in [7, 11) is 5.13. The molecule has 0 aliphatic carbocycles. The molecule has 0 atom stereocenters. The second-order valence-corrected chi connectivity index (χ2v) is 4.28. The average Bonchev–Trinajstić information content (AvgIpc) is 2.38. The average molecular weight is 260 g/mol. The molecule has 1 aromatic heterocycles. The Balaban J connectivity index is 2.59. The monoisotopic (exact) mass is 260 g/mol. The van der Waals surface area contributed by atoms with Gasteiger partial charge in [-0.25, -0.2) is 0 Å². The standard InChI is InChI=1S/C13H16N4O2/c1-17(2)13-15-11(14)10(12(18)16-13)8-5-4-6-9(7-8)19-3/h4-7H,1-3H3,(H3,14,15,16,18). The molecule has 19 heavy (non-hydrogen) atoms. The third kappa shape index (κ3) is 2.52. The lowest BCUT2D eigenvalue weighted by Gasteiger charge is -2.13. The van der Waals surface area contributed by atoms with Crippen LogP contribution < -0.4 is 20.9 Å². The molecule has 2 rings (SSSR count). The van der Waals surface area contributed by atoms with Crippen LogP contribution in [0.1, 0.15) is 0 Å². The van der Waals surface area contributed by atoms with E-state index in [2.05, 4.69) is 9.97 Å². The quantitative estimate of drug-likeness (QED) is 0.863. The maximum Gasteiger partial charge on any atom is 0.262 e. The van der Waals surface area contributed by atoms with Crippen LogP contribution in [0.2, 0.25) is 0 Å². The minimum Gasteiger partial charge on any atom is -0.497 e. The third-order valence-electron chi connectivity index (χ3n) is 2.72. The molecule has 6 nitrogen and oxygen atoms in total. The van der Waals surface area contributed by atoms with Crippen molar-refractivity contribution in [2.75, 3.05) is 31.8 Å². The predicted molar refractivity (Wildman–Crippen MR) is 75.6 cm³/mol. The van der Waals surface area contributed by atoms with E-state index in [0.29, 0.717) is 22.8 Å². The first-order valence-electron chi connectivity index (χ1n) is 5.74. The Morgan fingerprint density at radius 3 is 2.68 bits per heavy atom. The van der Waals surface area contributed by atoms with E-state index in [0.717, 1.165) is 0 Å². The molecule has 0 saturated heterocycles. The van der Waals surface area contributed by atoms with Crippen molar-refractivity contribution in [1.82, 2.24) is 9.97 Å². The maximum atomic E-state index is 12.1. The molecule has 0 amide bonds. The maximum absolute atomic E-state index is 12.1. The first kappa shape index (κ1) is 12.9. The number of anilines is 2. The highest BCUT2D eigenvalue weighted by atomic mass is 16.5. The van der Waals surface area contributed by atoms with Gasteiger partial charge in [0.2, 0.25) is 5.95 Å². The van der Waals surface area contributed by atoms with Crippen molar-refractivity contribution in [2.45, 2.75) is 0 Å². The van der Waals surface area contributed by atoms with Crippen molar-refractivity contribution in [2.24, 2.45) is 0 Å². The van der Waals surface area contributed by atoms with Crippen LogP contribution >= 0.6 is 0 Å². The minimum absolute atomic E-state index is 0.195. The molecule has 100 valence electrons. The molecule has 0 bridgehead atoms. The summed E-state index contributed by atoms with van der Waals surface area (Å²) in [5.41, 5.74) is 6.64. The highest BCUT2D eigenvalue weighted by Gasteiger charge is 2.12. The van der Waals surface area contributed by atoms with Crippen molar-refractivity contribution in [3.63, 3.8) is 0 Å². The molecule has 0 radical (unpaired) electrons. The lowest BCUT2D eigenvalue weighted by atomic mass is 10.1. The summed E-state index contributed by atoms with van der Waals surface area (Å²) in [6.07, 6.45) is 0. The summed E-state index contributed by atoms with van der Waals surface area (Å²) in [4.78, 5) is 20.7. The number of aromatic amines is 1. The van der Waals surface area contributed by atoms with Gasteiger partial charge in [-0.05, 0) is 17.7 Å². The zero-order valence-electron chi connectivity index (χ0n) is 11.1. The summed E-state index contributed by atoms with van der Waals surface area (Å²) in [6, 6.07) is 7.14. The number of methoxy groups -OCH3 is 1. The van der Waals surface area contributed by atoms with Crippen LogP contribution in [0.4, 0.5) is 11.8 Å². The smallest absolute Gasteiger partial charge is 0.262 e. The van der Waals surface area contributed by atoms with Crippen LogP contribution in [-0.4, -0.2) is 31.2 Å². The summed E-state index contributed by atoms with van der Waals surface area (Å²) in [5.74, 6) is 1.28. The molecule has 0 aliphatic heterocycles. The number of nitrogen functional groups attached to an aromatic ring is 1. The fourth-order valence-electron chi connectivity index (χ4n) is 1.75. The van der Waals surface area contributed by atoms with Crippen molar-refractivity contribution < 1.29 is 4.74 Å². The van der Waals surface area contributed by atoms with Crippen LogP contribution in [0.5, 0.6) is 5.75 Å². The van der Waals surface area contributed by atoms with Gasteiger partial charge in [-0.1, -0.05) is 12.1 Å². The fraction of sp³-hybridized carbons (Fsp3) is 0.231. The van der Waals surface area contributed by atoms with Gasteiger partial charge >= 0.3 is 0 Å². The molecule has 3 N–H and O–H groups in total. The van der Waals surface area contributed by atoms with E-state index in [9.17, 15) is 4.79 Å². The third-order valence-corrected chi connectivity index (χ3v) is 2.72. The van der Waals surface area contributed by atoms with Gasteiger partial charge in [0.15, 0.2) is 0 Å². The Hall–Kier alpha value is -2.50. The number of benzene rings is 1. The Morgan fingerprint density at radius 2 is 2.11 bits per heavy atom. The molecule has 1 heterocycles. The van der Waals surface area contributed by atoms with E-state index in [-0.39, 0.29) is 11.4 Å². The number of nitrogens with two attached hydrogens (primary N) is 1. The topological polar surface area (TPSA) is 84.2 Å². The van der Waals surface area contributed by atoms with Crippen LogP contribution in [0.3, 0.4) is 0 Å². The number of nitrogens with zero attached hydrogens (tertiary/aromatic N) is 2. The molecule has 0 unspecified atom stereocenters. The van der Waals surface area contributed by atoms with Crippen LogP contribution in [0.15, 0.2) is 29.1 Å². The van der Waals surface area contributed by atoms with Crippen LogP contribution in [0, 0.1) is 0 Å². The molecule has 0 saturated carbocycles. The molecule has 0 aliphatic rings. The Morgan fingerprint density at radius 1 is 1.37 bits per heavy atom. The number of hydrogen-bond acceptors (Lipinski definition) is 5. The number of nitrogens with one attached hydrogen (secondary N) is 1. The minimum atomic E-state index is -0.274. The molecule has 0 fully saturated rings. The van der Waals surface area contributed by atoms with Crippen molar-refractivity contribution in [1.29, 1.82) is 0 Å². The fourth-order valence-corrected chi connectivity index (χ4v) is 1.75. The normalized spacial score (nSPS) is 10.3. The number of rotatable bonds is 3. The zero-order valence-corrected chi connectivity index (χ0v) is 11.1. The Labute approximate surface area is 110 Å². The highest BCUT2D eigenvalue weighted by Crippen LogP contribution is 2.24. The first-order valence-corrected chi connectivity index (χ1v) is 5.74. The lowest BCUT2D eigenvalue weighted by Crippen LogP contribution is -2.21. The van der Waals surface area contributed by atoms with Gasteiger partial charge in [0.1, 0.15) is 11.6 Å². The summed E-state index contributed by atoms with van der Waals surface area (Å²) in [6.45, 7) is 0. The van der Waals surface area contributed by atoms with Gasteiger partial charge < -0.3 is 15.4 Å². The van der Waals surface area contributed by atoms with E-state index in [1.165, 1.54) is 0 Å². The van der Waals surface area contributed by atoms with Crippen molar-refractivity contribution in [3.8, 4) is 16.9 Å². The van der Waals surface area contributed by atoms with Gasteiger partial charge in [0.05, 0.1) is 12.7 Å². The molecular formula is C13H16N4O2. The van der Waals surface area contributed by atoms with Gasteiger partial charge in [-0.15, -0.1) is 0 Å². The first-order chi connectivity index (χ1) is 9.02. The SMILES string of the molecule is COc1cccc(-c2c(N)nc(N(C)C)[nH]c2=O)c1. The van der Waals surface area contributed by atoms with Gasteiger partial charge in [-0.2, -0.15) is 4.98 Å². The van der Waals surface area contributed by atoms with E-state index in [1.807, 2.05) is 0 Å². The van der Waals surface area contributed by atoms with Crippen molar-refractivity contribution >= 4 is 11.8 Å². The Kier molecular flexibility index (Phi) is 3.41.